The Kier molecular flexibility index (Phi) is 2.75. The Morgan fingerprint density at radius 1 is 0.938 bits per heavy atom. The first-order valence-corrected chi connectivity index (χ1v) is 5.97. The van der Waals surface area contributed by atoms with Crippen LogP contribution in [0, 0.1) is 5.41 Å². The molecule has 0 nitrogen and oxygen atoms in total. The van der Waals surface area contributed by atoms with E-state index in [0.717, 1.165) is 6.42 Å². The molecule has 1 aliphatic carbocycles. The second-order valence-corrected chi connectivity index (χ2v) is 5.53. The zero-order valence-electron chi connectivity index (χ0n) is 10.4. The Bertz CT molecular complexity index is 389. The number of hydrogen-bond donors (Lipinski definition) is 0. The maximum absolute atomic E-state index is 2.36. The molecule has 1 aromatic carbocycles. The lowest BCUT2D eigenvalue weighted by atomic mass is 9.61. The molecule has 0 N–H and O–H groups in total. The van der Waals surface area contributed by atoms with Crippen LogP contribution in [-0.4, -0.2) is 0 Å². The van der Waals surface area contributed by atoms with Crippen LogP contribution in [0.2, 0.25) is 0 Å². The largest absolute Gasteiger partial charge is 0.0835 e. The molecule has 0 spiro atoms. The zero-order valence-corrected chi connectivity index (χ0v) is 10.4. The molecule has 1 aromatic rings. The molecule has 0 saturated carbocycles. The maximum Gasteiger partial charge on any atom is 0.0360 e. The molecule has 0 amide bonds. The first kappa shape index (κ1) is 11.2. The third kappa shape index (κ3) is 1.73. The summed E-state index contributed by atoms with van der Waals surface area (Å²) in [5, 5.41) is 0. The summed E-state index contributed by atoms with van der Waals surface area (Å²) >= 11 is 0. The Balaban J connectivity index is 2.56. The van der Waals surface area contributed by atoms with Crippen LogP contribution in [0.4, 0.5) is 0 Å². The van der Waals surface area contributed by atoms with Crippen molar-refractivity contribution >= 4 is 0 Å². The summed E-state index contributed by atoms with van der Waals surface area (Å²) in [5.41, 5.74) is 1.63. The van der Waals surface area contributed by atoms with E-state index in [-0.39, 0.29) is 10.8 Å². The summed E-state index contributed by atoms with van der Waals surface area (Å²) < 4.78 is 0. The van der Waals surface area contributed by atoms with E-state index >= 15 is 0 Å². The molecular formula is C16H20. The van der Waals surface area contributed by atoms with Gasteiger partial charge < -0.3 is 0 Å². The number of rotatable bonds is 1. The fraction of sp³-hybridized carbons (Fsp3) is 0.375. The van der Waals surface area contributed by atoms with Crippen molar-refractivity contribution in [1.29, 1.82) is 0 Å². The lowest BCUT2D eigenvalue weighted by Crippen LogP contribution is -2.37. The van der Waals surface area contributed by atoms with Crippen LogP contribution in [-0.2, 0) is 5.41 Å². The van der Waals surface area contributed by atoms with Crippen molar-refractivity contribution < 1.29 is 0 Å². The fourth-order valence-electron chi connectivity index (χ4n) is 2.48. The lowest BCUT2D eigenvalue weighted by Gasteiger charge is -2.42. The Morgan fingerprint density at radius 2 is 1.50 bits per heavy atom. The molecule has 0 heteroatoms. The van der Waals surface area contributed by atoms with Gasteiger partial charge >= 0.3 is 0 Å². The van der Waals surface area contributed by atoms with Crippen molar-refractivity contribution in [1.82, 2.24) is 0 Å². The van der Waals surface area contributed by atoms with Crippen molar-refractivity contribution in [2.45, 2.75) is 32.6 Å². The molecule has 1 aliphatic rings. The zero-order chi connectivity index (χ0) is 11.6. The summed E-state index contributed by atoms with van der Waals surface area (Å²) in [6, 6.07) is 10.8. The summed E-state index contributed by atoms with van der Waals surface area (Å²) in [6.07, 6.45) is 10.3. The predicted molar refractivity (Wildman–Crippen MR) is 70.5 cm³/mol. The van der Waals surface area contributed by atoms with Crippen molar-refractivity contribution in [3.63, 3.8) is 0 Å². The van der Waals surface area contributed by atoms with E-state index in [0.29, 0.717) is 0 Å². The van der Waals surface area contributed by atoms with Crippen LogP contribution in [0.1, 0.15) is 32.8 Å². The van der Waals surface area contributed by atoms with E-state index in [9.17, 15) is 0 Å². The van der Waals surface area contributed by atoms with Crippen LogP contribution in [0.25, 0.3) is 0 Å². The van der Waals surface area contributed by atoms with Crippen LogP contribution in [0.3, 0.4) is 0 Å². The van der Waals surface area contributed by atoms with Gasteiger partial charge in [-0.3, -0.25) is 0 Å². The molecule has 0 saturated heterocycles. The van der Waals surface area contributed by atoms with Gasteiger partial charge in [-0.05, 0) is 17.4 Å². The van der Waals surface area contributed by atoms with Gasteiger partial charge in [0.15, 0.2) is 0 Å². The van der Waals surface area contributed by atoms with Crippen LogP contribution in [0.15, 0.2) is 54.6 Å². The highest BCUT2D eigenvalue weighted by Gasteiger charge is 2.39. The quantitative estimate of drug-likeness (QED) is 0.602. The van der Waals surface area contributed by atoms with Gasteiger partial charge in [-0.15, -0.1) is 0 Å². The molecular weight excluding hydrogens is 192 g/mol. The fourth-order valence-corrected chi connectivity index (χ4v) is 2.48. The number of hydrogen-bond acceptors (Lipinski definition) is 0. The van der Waals surface area contributed by atoms with E-state index in [4.69, 9.17) is 0 Å². The number of allylic oxidation sites excluding steroid dienone is 4. The molecule has 0 atom stereocenters. The average molecular weight is 212 g/mol. The van der Waals surface area contributed by atoms with E-state index in [2.05, 4.69) is 75.4 Å². The van der Waals surface area contributed by atoms with Crippen molar-refractivity contribution in [3.05, 3.63) is 60.2 Å². The van der Waals surface area contributed by atoms with Crippen LogP contribution in [0.5, 0.6) is 0 Å². The summed E-state index contributed by atoms with van der Waals surface area (Å²) in [4.78, 5) is 0. The first-order chi connectivity index (χ1) is 7.56. The molecule has 0 unspecified atom stereocenters. The van der Waals surface area contributed by atoms with E-state index in [1.807, 2.05) is 0 Å². The van der Waals surface area contributed by atoms with Crippen molar-refractivity contribution in [2.24, 2.45) is 5.41 Å². The van der Waals surface area contributed by atoms with Gasteiger partial charge in [-0.1, -0.05) is 75.4 Å². The molecule has 0 radical (unpaired) electrons. The summed E-state index contributed by atoms with van der Waals surface area (Å²) in [7, 11) is 0. The lowest BCUT2D eigenvalue weighted by molar-refractivity contribution is 0.288. The van der Waals surface area contributed by atoms with E-state index in [1.54, 1.807) is 0 Å². The summed E-state index contributed by atoms with van der Waals surface area (Å²) in [6.45, 7) is 6.92. The molecule has 0 aromatic heterocycles. The minimum atomic E-state index is 0.0481. The van der Waals surface area contributed by atoms with Gasteiger partial charge in [-0.25, -0.2) is 0 Å². The molecule has 16 heavy (non-hydrogen) atoms. The molecule has 0 heterocycles. The minimum absolute atomic E-state index is 0.0481. The normalized spacial score (nSPS) is 18.7. The smallest absolute Gasteiger partial charge is 0.0360 e. The van der Waals surface area contributed by atoms with Gasteiger partial charge in [-0.2, -0.15) is 0 Å². The predicted octanol–water partition coefficient (Wildman–Crippen LogP) is 4.49. The van der Waals surface area contributed by atoms with Crippen LogP contribution < -0.4 is 0 Å². The van der Waals surface area contributed by atoms with Crippen molar-refractivity contribution in [2.75, 3.05) is 0 Å². The molecule has 0 fully saturated rings. The first-order valence-electron chi connectivity index (χ1n) is 5.97. The highest BCUT2D eigenvalue weighted by atomic mass is 14.4. The second kappa shape index (κ2) is 3.93. The van der Waals surface area contributed by atoms with E-state index < -0.39 is 0 Å². The SMILES string of the molecule is CC(C)(C)C1(c2ccccc2)C=CCC=C1. The Morgan fingerprint density at radius 3 is 2.00 bits per heavy atom. The topological polar surface area (TPSA) is 0 Å². The van der Waals surface area contributed by atoms with Crippen molar-refractivity contribution in [3.8, 4) is 0 Å². The van der Waals surface area contributed by atoms with Gasteiger partial charge in [0.1, 0.15) is 0 Å². The molecule has 2 rings (SSSR count). The number of benzene rings is 1. The third-order valence-corrected chi connectivity index (χ3v) is 3.53. The minimum Gasteiger partial charge on any atom is -0.0835 e. The van der Waals surface area contributed by atoms with Gasteiger partial charge in [0.05, 0.1) is 0 Å². The van der Waals surface area contributed by atoms with Crippen LogP contribution >= 0.6 is 0 Å². The standard InChI is InChI=1S/C16H20/c1-15(2,3)16(12-8-5-9-13-16)14-10-6-4-7-11-14/h4,6-13H,5H2,1-3H3. The van der Waals surface area contributed by atoms with E-state index in [1.165, 1.54) is 5.56 Å². The summed E-state index contributed by atoms with van der Waals surface area (Å²) in [5.74, 6) is 0. The highest BCUT2D eigenvalue weighted by molar-refractivity contribution is 5.41. The average Bonchev–Trinajstić information content (AvgIpc) is 2.30. The van der Waals surface area contributed by atoms with Gasteiger partial charge in [0.2, 0.25) is 0 Å². The molecule has 0 bridgehead atoms. The molecule has 0 aliphatic heterocycles. The molecule has 84 valence electrons. The monoisotopic (exact) mass is 212 g/mol. The second-order valence-electron chi connectivity index (χ2n) is 5.53. The van der Waals surface area contributed by atoms with Gasteiger partial charge in [0, 0.05) is 5.41 Å². The highest BCUT2D eigenvalue weighted by Crippen LogP contribution is 2.45. The maximum atomic E-state index is 2.36. The Labute approximate surface area is 98.7 Å². The third-order valence-electron chi connectivity index (χ3n) is 3.53. The Hall–Kier alpha value is -1.30. The van der Waals surface area contributed by atoms with Gasteiger partial charge in [0.25, 0.3) is 0 Å².